The third-order valence-electron chi connectivity index (χ3n) is 7.37. The van der Waals surface area contributed by atoms with Crippen molar-refractivity contribution in [1.29, 1.82) is 0 Å². The van der Waals surface area contributed by atoms with Crippen LogP contribution in [-0.2, 0) is 0 Å². The zero-order chi connectivity index (χ0) is 27.0. The second-order valence-corrected chi connectivity index (χ2v) is 9.42. The minimum absolute atomic E-state index is 0.00146. The van der Waals surface area contributed by atoms with Crippen molar-refractivity contribution in [3.8, 4) is 22.3 Å². The summed E-state index contributed by atoms with van der Waals surface area (Å²) in [5, 5.41) is 7.45. The van der Waals surface area contributed by atoms with Gasteiger partial charge in [-0.1, -0.05) is 115 Å². The summed E-state index contributed by atoms with van der Waals surface area (Å²) in [6.07, 6.45) is 0. The van der Waals surface area contributed by atoms with E-state index < -0.39 is 0 Å². The molecule has 0 radical (unpaired) electrons. The van der Waals surface area contributed by atoms with Crippen molar-refractivity contribution in [3.63, 3.8) is 0 Å². The quantitative estimate of drug-likeness (QED) is 0.228. The molecule has 0 spiro atoms. The molecule has 37 heavy (non-hydrogen) atoms. The summed E-state index contributed by atoms with van der Waals surface area (Å²) < 4.78 is 34.0. The maximum Gasteiger partial charge on any atom is 0.136 e. The average molecular weight is 474 g/mol. The number of hydrogen-bond acceptors (Lipinski definition) is 1. The third kappa shape index (κ3) is 2.98. The lowest BCUT2D eigenvalue weighted by molar-refractivity contribution is 0.669. The molecule has 7 aromatic carbocycles. The van der Waals surface area contributed by atoms with Gasteiger partial charge in [-0.15, -0.1) is 0 Å². The number of furan rings is 1. The molecule has 1 aromatic heterocycles. The zero-order valence-corrected chi connectivity index (χ0v) is 19.9. The molecule has 0 aliphatic rings. The highest BCUT2D eigenvalue weighted by Crippen LogP contribution is 2.45. The van der Waals surface area contributed by atoms with Gasteiger partial charge in [-0.2, -0.15) is 0 Å². The first-order chi connectivity index (χ1) is 19.6. The highest BCUT2D eigenvalue weighted by atomic mass is 16.3. The fourth-order valence-electron chi connectivity index (χ4n) is 5.79. The Labute approximate surface area is 218 Å². The van der Waals surface area contributed by atoms with Crippen LogP contribution in [0.25, 0.3) is 76.5 Å². The fraction of sp³-hybridized carbons (Fsp3) is 0. The number of benzene rings is 7. The maximum atomic E-state index is 9.59. The van der Waals surface area contributed by atoms with Crippen molar-refractivity contribution in [1.82, 2.24) is 0 Å². The molecule has 1 heteroatoms. The minimum Gasteiger partial charge on any atom is -0.456 e. The largest absolute Gasteiger partial charge is 0.456 e. The Bertz CT molecular complexity index is 2240. The molecule has 0 saturated heterocycles. The molecule has 0 unspecified atom stereocenters. The fourth-order valence-corrected chi connectivity index (χ4v) is 5.79. The Morgan fingerprint density at radius 2 is 1.00 bits per heavy atom. The van der Waals surface area contributed by atoms with E-state index in [2.05, 4.69) is 36.4 Å². The summed E-state index contributed by atoms with van der Waals surface area (Å²) >= 11 is 0. The lowest BCUT2D eigenvalue weighted by Gasteiger charge is -2.17. The van der Waals surface area contributed by atoms with Gasteiger partial charge in [0.05, 0.1) is 4.11 Å². The van der Waals surface area contributed by atoms with Crippen LogP contribution in [0.5, 0.6) is 0 Å². The van der Waals surface area contributed by atoms with Gasteiger partial charge >= 0.3 is 0 Å². The van der Waals surface area contributed by atoms with Crippen molar-refractivity contribution in [2.45, 2.75) is 0 Å². The molecule has 0 bridgehead atoms. The van der Waals surface area contributed by atoms with Crippen LogP contribution in [0, 0.1) is 0 Å². The van der Waals surface area contributed by atoms with Gasteiger partial charge in [-0.3, -0.25) is 0 Å². The molecule has 8 rings (SSSR count). The van der Waals surface area contributed by atoms with Gasteiger partial charge in [0.2, 0.25) is 0 Å². The molecule has 0 amide bonds. The van der Waals surface area contributed by atoms with E-state index in [9.17, 15) is 2.74 Å². The molecule has 172 valence electrons. The number of fused-ring (bicyclic) bond motifs is 7. The monoisotopic (exact) mass is 473 g/mol. The summed E-state index contributed by atoms with van der Waals surface area (Å²) in [5.74, 6) is 0. The lowest BCUT2D eigenvalue weighted by Crippen LogP contribution is -1.90. The smallest absolute Gasteiger partial charge is 0.136 e. The molecule has 1 nitrogen and oxygen atoms in total. The van der Waals surface area contributed by atoms with Crippen LogP contribution in [-0.4, -0.2) is 0 Å². The van der Waals surface area contributed by atoms with E-state index in [1.54, 1.807) is 0 Å². The van der Waals surface area contributed by atoms with Gasteiger partial charge < -0.3 is 4.42 Å². The summed E-state index contributed by atoms with van der Waals surface area (Å²) in [6.45, 7) is 0. The molecule has 1 heterocycles. The van der Waals surface area contributed by atoms with Crippen molar-refractivity contribution < 1.29 is 8.53 Å². The molecular weight excluding hydrogens is 448 g/mol. The Hall–Kier alpha value is -4.88. The summed E-state index contributed by atoms with van der Waals surface area (Å²) in [6, 6.07) is 39.0. The minimum atomic E-state index is 0.00146. The van der Waals surface area contributed by atoms with E-state index in [1.807, 2.05) is 78.9 Å². The summed E-state index contributed by atoms with van der Waals surface area (Å²) in [7, 11) is 0. The first-order valence-corrected chi connectivity index (χ1v) is 12.5. The van der Waals surface area contributed by atoms with Gasteiger partial charge in [0.15, 0.2) is 0 Å². The molecular formula is C36H22O. The van der Waals surface area contributed by atoms with Gasteiger partial charge in [0.1, 0.15) is 11.2 Å². The van der Waals surface area contributed by atoms with E-state index in [4.69, 9.17) is 5.79 Å². The Balaban J connectivity index is 1.60. The Kier molecular flexibility index (Phi) is 3.70. The predicted octanol–water partition coefficient (Wildman–Crippen LogP) is 10.4. The number of rotatable bonds is 2. The van der Waals surface area contributed by atoms with E-state index in [0.717, 1.165) is 54.4 Å². The topological polar surface area (TPSA) is 13.1 Å². The van der Waals surface area contributed by atoms with E-state index >= 15 is 0 Å². The standard InChI is InChI=1S/C36H22O/c1-2-11-24(12-3-1)34-27-14-6-8-16-29(27)35(30-17-9-7-15-28(30)34)25-19-20-32-31(22-25)36-26-13-5-4-10-23(26)18-21-33(36)37-32/h1-22H/i19D,20D,22D. The van der Waals surface area contributed by atoms with Gasteiger partial charge in [-0.05, 0) is 72.7 Å². The Morgan fingerprint density at radius 3 is 1.68 bits per heavy atom. The van der Waals surface area contributed by atoms with Crippen molar-refractivity contribution >= 4 is 54.3 Å². The van der Waals surface area contributed by atoms with Crippen LogP contribution in [0.3, 0.4) is 0 Å². The van der Waals surface area contributed by atoms with Crippen LogP contribution in [0.2, 0.25) is 0 Å². The van der Waals surface area contributed by atoms with E-state index in [0.29, 0.717) is 22.1 Å². The first kappa shape index (κ1) is 17.5. The van der Waals surface area contributed by atoms with Gasteiger partial charge in [0.25, 0.3) is 0 Å². The SMILES string of the molecule is [2H]c1c(-c2c3ccccc3c(-c3ccccc3)c3ccccc23)c([2H])c2c(oc3ccc4ccccc4c32)c1[2H]. The van der Waals surface area contributed by atoms with Crippen LogP contribution in [0.4, 0.5) is 0 Å². The highest BCUT2D eigenvalue weighted by molar-refractivity contribution is 6.23. The van der Waals surface area contributed by atoms with Crippen molar-refractivity contribution in [2.75, 3.05) is 0 Å². The third-order valence-corrected chi connectivity index (χ3v) is 7.37. The molecule has 0 atom stereocenters. The van der Waals surface area contributed by atoms with E-state index in [1.165, 1.54) is 0 Å². The van der Waals surface area contributed by atoms with Crippen molar-refractivity contribution in [3.05, 3.63) is 133 Å². The van der Waals surface area contributed by atoms with Crippen molar-refractivity contribution in [2.24, 2.45) is 0 Å². The summed E-state index contributed by atoms with van der Waals surface area (Å²) in [4.78, 5) is 0. The molecule has 0 N–H and O–H groups in total. The molecule has 0 aliphatic heterocycles. The van der Waals surface area contributed by atoms with Crippen LogP contribution >= 0.6 is 0 Å². The predicted molar refractivity (Wildman–Crippen MR) is 157 cm³/mol. The molecule has 8 aromatic rings. The molecule has 0 fully saturated rings. The number of hydrogen-bond donors (Lipinski definition) is 0. The summed E-state index contributed by atoms with van der Waals surface area (Å²) in [5.41, 5.74) is 4.43. The van der Waals surface area contributed by atoms with Crippen LogP contribution < -0.4 is 0 Å². The zero-order valence-electron chi connectivity index (χ0n) is 22.9. The first-order valence-electron chi connectivity index (χ1n) is 14.0. The second kappa shape index (κ2) is 7.81. The lowest BCUT2D eigenvalue weighted by atomic mass is 9.86. The van der Waals surface area contributed by atoms with E-state index in [-0.39, 0.29) is 18.1 Å². The normalized spacial score (nSPS) is 12.9. The highest BCUT2D eigenvalue weighted by Gasteiger charge is 2.18. The van der Waals surface area contributed by atoms with Gasteiger partial charge in [-0.25, -0.2) is 0 Å². The van der Waals surface area contributed by atoms with Gasteiger partial charge in [0, 0.05) is 10.8 Å². The van der Waals surface area contributed by atoms with Crippen LogP contribution in [0.15, 0.2) is 138 Å². The Morgan fingerprint density at radius 1 is 0.432 bits per heavy atom. The second-order valence-electron chi connectivity index (χ2n) is 9.42. The molecule has 0 aliphatic carbocycles. The maximum absolute atomic E-state index is 9.59. The average Bonchev–Trinajstić information content (AvgIpc) is 3.41. The van der Waals surface area contributed by atoms with Crippen LogP contribution in [0.1, 0.15) is 4.11 Å². The molecule has 0 saturated carbocycles.